The van der Waals surface area contributed by atoms with Crippen LogP contribution in [-0.2, 0) is 10.1 Å². The summed E-state index contributed by atoms with van der Waals surface area (Å²) in [6.07, 6.45) is 0. The molecular weight excluding hydrogens is 276 g/mol. The van der Waals surface area contributed by atoms with Crippen LogP contribution in [0, 0.1) is 4.91 Å². The van der Waals surface area contributed by atoms with E-state index in [1.54, 1.807) is 5.48 Å². The molecule has 2 aromatic carbocycles. The van der Waals surface area contributed by atoms with Gasteiger partial charge in [-0.15, -0.1) is 4.91 Å². The Labute approximate surface area is 107 Å². The summed E-state index contributed by atoms with van der Waals surface area (Å²) in [5, 5.41) is 21.1. The molecule has 0 saturated heterocycles. The summed E-state index contributed by atoms with van der Waals surface area (Å²) < 4.78 is 31.4. The SMILES string of the molecule is O=Nc1c(S(=O)(=O)O)cc(NO)c2ccc(O)cc12. The second-order valence-corrected chi connectivity index (χ2v) is 5.07. The third-order valence-corrected chi connectivity index (χ3v) is 3.41. The monoisotopic (exact) mass is 284 g/mol. The molecular formula is C10H8N2O6S. The topological polar surface area (TPSA) is 136 Å². The van der Waals surface area contributed by atoms with Gasteiger partial charge in [0.1, 0.15) is 16.3 Å². The number of phenols is 1. The maximum atomic E-state index is 11.2. The number of aromatic hydroxyl groups is 1. The van der Waals surface area contributed by atoms with E-state index < -0.39 is 20.7 Å². The fourth-order valence-electron chi connectivity index (χ4n) is 1.76. The van der Waals surface area contributed by atoms with Gasteiger partial charge < -0.3 is 5.11 Å². The number of nitroso groups, excluding NO2 is 1. The molecule has 0 aromatic heterocycles. The van der Waals surface area contributed by atoms with Crippen LogP contribution in [0.4, 0.5) is 11.4 Å². The van der Waals surface area contributed by atoms with Crippen molar-refractivity contribution < 1.29 is 23.3 Å². The average molecular weight is 284 g/mol. The van der Waals surface area contributed by atoms with Gasteiger partial charge in [-0.1, -0.05) is 0 Å². The van der Waals surface area contributed by atoms with Gasteiger partial charge in [0.05, 0.1) is 5.69 Å². The highest BCUT2D eigenvalue weighted by Crippen LogP contribution is 2.39. The van der Waals surface area contributed by atoms with E-state index >= 15 is 0 Å². The van der Waals surface area contributed by atoms with Crippen molar-refractivity contribution in [2.45, 2.75) is 4.90 Å². The van der Waals surface area contributed by atoms with Crippen molar-refractivity contribution in [1.82, 2.24) is 0 Å². The number of nitrogens with zero attached hydrogens (tertiary/aromatic N) is 1. The van der Waals surface area contributed by atoms with E-state index in [4.69, 9.17) is 9.76 Å². The fourth-order valence-corrected chi connectivity index (χ4v) is 2.41. The Balaban J connectivity index is 3.04. The van der Waals surface area contributed by atoms with Crippen molar-refractivity contribution in [2.75, 3.05) is 5.48 Å². The molecule has 100 valence electrons. The third kappa shape index (κ3) is 2.21. The van der Waals surface area contributed by atoms with Crippen molar-refractivity contribution in [3.05, 3.63) is 29.2 Å². The summed E-state index contributed by atoms with van der Waals surface area (Å²) in [6, 6.07) is 4.60. The van der Waals surface area contributed by atoms with E-state index in [2.05, 4.69) is 5.18 Å². The number of hydrogen-bond acceptors (Lipinski definition) is 7. The zero-order valence-electron chi connectivity index (χ0n) is 9.23. The number of rotatable bonds is 3. The minimum atomic E-state index is -4.71. The summed E-state index contributed by atoms with van der Waals surface area (Å²) in [5.74, 6) is -0.228. The lowest BCUT2D eigenvalue weighted by atomic mass is 10.1. The molecule has 0 radical (unpaired) electrons. The first-order valence-corrected chi connectivity index (χ1v) is 6.33. The Bertz CT molecular complexity index is 771. The van der Waals surface area contributed by atoms with Crippen molar-refractivity contribution in [3.8, 4) is 5.75 Å². The molecule has 0 spiro atoms. The lowest BCUT2D eigenvalue weighted by molar-refractivity contribution is 0.389. The van der Waals surface area contributed by atoms with Gasteiger partial charge in [0.2, 0.25) is 0 Å². The second-order valence-electron chi connectivity index (χ2n) is 3.68. The Morgan fingerprint density at radius 1 is 1.16 bits per heavy atom. The Kier molecular flexibility index (Phi) is 3.10. The third-order valence-electron chi connectivity index (χ3n) is 2.55. The van der Waals surface area contributed by atoms with E-state index in [0.717, 1.165) is 12.1 Å². The van der Waals surface area contributed by atoms with Crippen LogP contribution in [0.3, 0.4) is 0 Å². The Morgan fingerprint density at radius 3 is 2.37 bits per heavy atom. The highest BCUT2D eigenvalue weighted by molar-refractivity contribution is 7.86. The number of nitrogens with one attached hydrogen (secondary N) is 1. The van der Waals surface area contributed by atoms with Crippen molar-refractivity contribution in [3.63, 3.8) is 0 Å². The molecule has 0 unspecified atom stereocenters. The quantitative estimate of drug-likeness (QED) is 0.384. The molecule has 0 aliphatic heterocycles. The minimum absolute atomic E-state index is 0.0262. The van der Waals surface area contributed by atoms with Crippen LogP contribution in [-0.4, -0.2) is 23.3 Å². The summed E-state index contributed by atoms with van der Waals surface area (Å²) in [5.41, 5.74) is 1.14. The van der Waals surface area contributed by atoms with Gasteiger partial charge >= 0.3 is 0 Å². The molecule has 2 rings (SSSR count). The smallest absolute Gasteiger partial charge is 0.296 e. The number of benzene rings is 2. The molecule has 9 heteroatoms. The van der Waals surface area contributed by atoms with Gasteiger partial charge in [-0.3, -0.25) is 15.2 Å². The highest BCUT2D eigenvalue weighted by Gasteiger charge is 2.22. The molecule has 8 nitrogen and oxygen atoms in total. The minimum Gasteiger partial charge on any atom is -0.508 e. The first kappa shape index (κ1) is 13.2. The predicted molar refractivity (Wildman–Crippen MR) is 66.3 cm³/mol. The number of hydrogen-bond donors (Lipinski definition) is 4. The van der Waals surface area contributed by atoms with Gasteiger partial charge in [-0.05, 0) is 29.4 Å². The predicted octanol–water partition coefficient (Wildman–Crippen LogP) is 1.99. The summed E-state index contributed by atoms with van der Waals surface area (Å²) in [6.45, 7) is 0. The molecule has 2 aromatic rings. The van der Waals surface area contributed by atoms with Crippen molar-refractivity contribution in [2.24, 2.45) is 5.18 Å². The Morgan fingerprint density at radius 2 is 1.84 bits per heavy atom. The van der Waals surface area contributed by atoms with Crippen molar-refractivity contribution >= 4 is 32.3 Å². The standard InChI is InChI=1S/C10H8N2O6S/c13-5-1-2-6-7(3-5)10(12-15)9(19(16,17)18)4-8(6)11-14/h1-4,11,13-14H,(H,16,17,18). The van der Waals surface area contributed by atoms with E-state index in [1.165, 1.54) is 12.1 Å². The van der Waals surface area contributed by atoms with Crippen LogP contribution >= 0.6 is 0 Å². The first-order valence-electron chi connectivity index (χ1n) is 4.89. The lowest BCUT2D eigenvalue weighted by Crippen LogP contribution is -2.01. The summed E-state index contributed by atoms with van der Waals surface area (Å²) in [7, 11) is -4.71. The molecule has 19 heavy (non-hydrogen) atoms. The van der Waals surface area contributed by atoms with E-state index in [1.807, 2.05) is 0 Å². The molecule has 0 bridgehead atoms. The fraction of sp³-hybridized carbons (Fsp3) is 0. The lowest BCUT2D eigenvalue weighted by Gasteiger charge is -2.10. The summed E-state index contributed by atoms with van der Waals surface area (Å²) in [4.78, 5) is 10.0. The number of phenolic OH excluding ortho intramolecular Hbond substituents is 1. The number of anilines is 1. The van der Waals surface area contributed by atoms with E-state index in [-0.39, 0.29) is 22.2 Å². The molecule has 0 aliphatic carbocycles. The molecule has 0 aliphatic rings. The Hall–Kier alpha value is -2.23. The zero-order valence-corrected chi connectivity index (χ0v) is 10.0. The van der Waals surface area contributed by atoms with Gasteiger partial charge in [0.15, 0.2) is 0 Å². The molecule has 4 N–H and O–H groups in total. The second kappa shape index (κ2) is 4.46. The maximum absolute atomic E-state index is 11.2. The van der Waals surface area contributed by atoms with Crippen LogP contribution in [0.25, 0.3) is 10.8 Å². The van der Waals surface area contributed by atoms with Gasteiger partial charge in [-0.2, -0.15) is 8.42 Å². The molecule has 0 heterocycles. The van der Waals surface area contributed by atoms with Crippen molar-refractivity contribution in [1.29, 1.82) is 0 Å². The van der Waals surface area contributed by atoms with Crippen LogP contribution in [0.2, 0.25) is 0 Å². The van der Waals surface area contributed by atoms with Crippen LogP contribution in [0.5, 0.6) is 5.75 Å². The summed E-state index contributed by atoms with van der Waals surface area (Å²) >= 11 is 0. The normalized spacial score (nSPS) is 11.5. The van der Waals surface area contributed by atoms with Crippen LogP contribution in [0.15, 0.2) is 34.3 Å². The maximum Gasteiger partial charge on any atom is 0.296 e. The van der Waals surface area contributed by atoms with E-state index in [0.29, 0.717) is 0 Å². The zero-order chi connectivity index (χ0) is 14.2. The molecule has 0 amide bonds. The largest absolute Gasteiger partial charge is 0.508 e. The van der Waals surface area contributed by atoms with Gasteiger partial charge in [-0.25, -0.2) is 0 Å². The molecule has 0 fully saturated rings. The first-order chi connectivity index (χ1) is 8.88. The average Bonchev–Trinajstić information content (AvgIpc) is 2.35. The highest BCUT2D eigenvalue weighted by atomic mass is 32.2. The molecule has 0 saturated carbocycles. The number of fused-ring (bicyclic) bond motifs is 1. The van der Waals surface area contributed by atoms with Gasteiger partial charge in [0, 0.05) is 10.8 Å². The van der Waals surface area contributed by atoms with Gasteiger partial charge in [0.25, 0.3) is 10.1 Å². The van der Waals surface area contributed by atoms with Crippen LogP contribution < -0.4 is 5.48 Å². The molecule has 0 atom stereocenters. The van der Waals surface area contributed by atoms with Crippen LogP contribution in [0.1, 0.15) is 0 Å². The van der Waals surface area contributed by atoms with E-state index in [9.17, 15) is 18.4 Å².